The van der Waals surface area contributed by atoms with Crippen molar-refractivity contribution in [2.45, 2.75) is 32.7 Å². The smallest absolute Gasteiger partial charge is 0.255 e. The molecule has 0 bridgehead atoms. The van der Waals surface area contributed by atoms with Crippen LogP contribution in [0.15, 0.2) is 18.5 Å². The van der Waals surface area contributed by atoms with Crippen LogP contribution in [-0.2, 0) is 0 Å². The topological polar surface area (TPSA) is 45.2 Å². The first-order valence-electron chi connectivity index (χ1n) is 6.25. The van der Waals surface area contributed by atoms with E-state index in [1.807, 2.05) is 19.9 Å². The molecule has 0 atom stereocenters. The minimum absolute atomic E-state index is 0.0574. The summed E-state index contributed by atoms with van der Waals surface area (Å²) in [5.41, 5.74) is 1.62. The molecule has 1 fully saturated rings. The predicted molar refractivity (Wildman–Crippen MR) is 68.1 cm³/mol. The van der Waals surface area contributed by atoms with Crippen molar-refractivity contribution in [1.29, 1.82) is 0 Å². The fraction of sp³-hybridized carbons (Fsp3) is 0.538. The van der Waals surface area contributed by atoms with Crippen LogP contribution in [0.4, 0.5) is 5.69 Å². The van der Waals surface area contributed by atoms with Gasteiger partial charge in [0.2, 0.25) is 0 Å². The molecule has 1 N–H and O–H groups in total. The van der Waals surface area contributed by atoms with Gasteiger partial charge in [-0.25, -0.2) is 0 Å². The Morgan fingerprint density at radius 3 is 2.71 bits per heavy atom. The molecular weight excluding hydrogens is 214 g/mol. The maximum absolute atomic E-state index is 12.1. The standard InChI is InChI=1S/C13H19N3O/c1-3-16(4-2)13(17)10-7-12(9-14-8-10)15-11-5-6-11/h7-9,11,15H,3-6H2,1-2H3. The molecule has 2 rings (SSSR count). The Bertz CT molecular complexity index is 397. The van der Waals surface area contributed by atoms with Crippen LogP contribution in [0.3, 0.4) is 0 Å². The van der Waals surface area contributed by atoms with E-state index in [1.54, 1.807) is 17.3 Å². The van der Waals surface area contributed by atoms with E-state index in [-0.39, 0.29) is 5.91 Å². The normalized spacial score (nSPS) is 14.5. The average molecular weight is 233 g/mol. The number of amides is 1. The summed E-state index contributed by atoms with van der Waals surface area (Å²) < 4.78 is 0. The first-order valence-corrected chi connectivity index (χ1v) is 6.25. The number of carbonyl (C=O) groups is 1. The first kappa shape index (κ1) is 11.9. The molecule has 0 aromatic carbocycles. The van der Waals surface area contributed by atoms with Gasteiger partial charge in [0.15, 0.2) is 0 Å². The van der Waals surface area contributed by atoms with Crippen molar-refractivity contribution in [2.75, 3.05) is 18.4 Å². The van der Waals surface area contributed by atoms with Crippen LogP contribution < -0.4 is 5.32 Å². The molecule has 0 unspecified atom stereocenters. The lowest BCUT2D eigenvalue weighted by atomic mass is 10.2. The van der Waals surface area contributed by atoms with E-state index in [1.165, 1.54) is 12.8 Å². The van der Waals surface area contributed by atoms with Crippen LogP contribution in [0.5, 0.6) is 0 Å². The molecular formula is C13H19N3O. The number of hydrogen-bond acceptors (Lipinski definition) is 3. The zero-order chi connectivity index (χ0) is 12.3. The Morgan fingerprint density at radius 1 is 1.41 bits per heavy atom. The third-order valence-corrected chi connectivity index (χ3v) is 2.98. The van der Waals surface area contributed by atoms with Crippen LogP contribution in [0.1, 0.15) is 37.0 Å². The summed E-state index contributed by atoms with van der Waals surface area (Å²) in [5, 5.41) is 3.35. The number of pyridine rings is 1. The Hall–Kier alpha value is -1.58. The van der Waals surface area contributed by atoms with Gasteiger partial charge in [0, 0.05) is 31.5 Å². The fourth-order valence-corrected chi connectivity index (χ4v) is 1.79. The largest absolute Gasteiger partial charge is 0.381 e. The minimum Gasteiger partial charge on any atom is -0.381 e. The molecule has 1 aliphatic rings. The molecule has 1 aliphatic carbocycles. The van der Waals surface area contributed by atoms with Crippen LogP contribution in [0.25, 0.3) is 0 Å². The lowest BCUT2D eigenvalue weighted by Crippen LogP contribution is -2.30. The van der Waals surface area contributed by atoms with Crippen LogP contribution >= 0.6 is 0 Å². The van der Waals surface area contributed by atoms with Gasteiger partial charge in [0.25, 0.3) is 5.91 Å². The SMILES string of the molecule is CCN(CC)C(=O)c1cncc(NC2CC2)c1. The Labute approximate surface area is 102 Å². The quantitative estimate of drug-likeness (QED) is 0.847. The molecule has 1 saturated carbocycles. The van der Waals surface area contributed by atoms with Gasteiger partial charge in [0.1, 0.15) is 0 Å². The second kappa shape index (κ2) is 5.17. The maximum atomic E-state index is 12.1. The first-order chi connectivity index (χ1) is 8.24. The molecule has 1 heterocycles. The molecule has 92 valence electrons. The lowest BCUT2D eigenvalue weighted by molar-refractivity contribution is 0.0772. The number of hydrogen-bond donors (Lipinski definition) is 1. The molecule has 4 nitrogen and oxygen atoms in total. The van der Waals surface area contributed by atoms with Gasteiger partial charge in [-0.15, -0.1) is 0 Å². The van der Waals surface area contributed by atoms with E-state index in [4.69, 9.17) is 0 Å². The lowest BCUT2D eigenvalue weighted by Gasteiger charge is -2.18. The molecule has 1 amide bonds. The number of rotatable bonds is 5. The van der Waals surface area contributed by atoms with Crippen LogP contribution in [-0.4, -0.2) is 34.9 Å². The van der Waals surface area contributed by atoms with E-state index >= 15 is 0 Å². The van der Waals surface area contributed by atoms with E-state index < -0.39 is 0 Å². The minimum atomic E-state index is 0.0574. The number of anilines is 1. The van der Waals surface area contributed by atoms with Gasteiger partial charge in [-0.3, -0.25) is 9.78 Å². The molecule has 0 radical (unpaired) electrons. The van der Waals surface area contributed by atoms with Crippen LogP contribution in [0, 0.1) is 0 Å². The summed E-state index contributed by atoms with van der Waals surface area (Å²) in [6.45, 7) is 5.44. The fourth-order valence-electron chi connectivity index (χ4n) is 1.79. The summed E-state index contributed by atoms with van der Waals surface area (Å²) in [5.74, 6) is 0.0574. The van der Waals surface area contributed by atoms with Gasteiger partial charge in [-0.05, 0) is 32.8 Å². The molecule has 0 spiro atoms. The second-order valence-electron chi connectivity index (χ2n) is 4.36. The Morgan fingerprint density at radius 2 is 2.12 bits per heavy atom. The van der Waals surface area contributed by atoms with Crippen molar-refractivity contribution in [2.24, 2.45) is 0 Å². The van der Waals surface area contributed by atoms with E-state index in [9.17, 15) is 4.79 Å². The summed E-state index contributed by atoms with van der Waals surface area (Å²) in [7, 11) is 0. The summed E-state index contributed by atoms with van der Waals surface area (Å²) >= 11 is 0. The third-order valence-electron chi connectivity index (χ3n) is 2.98. The van der Waals surface area contributed by atoms with Crippen molar-refractivity contribution in [3.8, 4) is 0 Å². The number of nitrogens with one attached hydrogen (secondary N) is 1. The second-order valence-corrected chi connectivity index (χ2v) is 4.36. The number of nitrogens with zero attached hydrogens (tertiary/aromatic N) is 2. The highest BCUT2D eigenvalue weighted by Crippen LogP contribution is 2.24. The average Bonchev–Trinajstić information content (AvgIpc) is 3.15. The Balaban J connectivity index is 2.10. The summed E-state index contributed by atoms with van der Waals surface area (Å²) in [6.07, 6.45) is 5.85. The monoisotopic (exact) mass is 233 g/mol. The summed E-state index contributed by atoms with van der Waals surface area (Å²) in [4.78, 5) is 18.0. The highest BCUT2D eigenvalue weighted by atomic mass is 16.2. The Kier molecular flexibility index (Phi) is 3.61. The molecule has 4 heteroatoms. The third kappa shape index (κ3) is 2.96. The van der Waals surface area contributed by atoms with Gasteiger partial charge >= 0.3 is 0 Å². The van der Waals surface area contributed by atoms with Crippen molar-refractivity contribution < 1.29 is 4.79 Å². The molecule has 0 saturated heterocycles. The van der Waals surface area contributed by atoms with Gasteiger partial charge in [-0.2, -0.15) is 0 Å². The van der Waals surface area contributed by atoms with E-state index in [0.29, 0.717) is 11.6 Å². The maximum Gasteiger partial charge on any atom is 0.255 e. The highest BCUT2D eigenvalue weighted by molar-refractivity contribution is 5.94. The van der Waals surface area contributed by atoms with Crippen molar-refractivity contribution in [3.63, 3.8) is 0 Å². The van der Waals surface area contributed by atoms with E-state index in [2.05, 4.69) is 10.3 Å². The predicted octanol–water partition coefficient (Wildman–Crippen LogP) is 2.14. The number of carbonyl (C=O) groups excluding carboxylic acids is 1. The van der Waals surface area contributed by atoms with Gasteiger partial charge < -0.3 is 10.2 Å². The molecule has 0 aliphatic heterocycles. The zero-order valence-electron chi connectivity index (χ0n) is 10.4. The van der Waals surface area contributed by atoms with Gasteiger partial charge in [0.05, 0.1) is 11.3 Å². The van der Waals surface area contributed by atoms with Gasteiger partial charge in [-0.1, -0.05) is 0 Å². The van der Waals surface area contributed by atoms with Crippen molar-refractivity contribution in [3.05, 3.63) is 24.0 Å². The van der Waals surface area contributed by atoms with E-state index in [0.717, 1.165) is 18.8 Å². The molecule has 17 heavy (non-hydrogen) atoms. The molecule has 1 aromatic heterocycles. The van der Waals surface area contributed by atoms with Crippen molar-refractivity contribution in [1.82, 2.24) is 9.88 Å². The zero-order valence-corrected chi connectivity index (χ0v) is 10.4. The number of aromatic nitrogens is 1. The molecule has 1 aromatic rings. The van der Waals surface area contributed by atoms with Crippen LogP contribution in [0.2, 0.25) is 0 Å². The highest BCUT2D eigenvalue weighted by Gasteiger charge is 2.21. The van der Waals surface area contributed by atoms with Crippen molar-refractivity contribution >= 4 is 11.6 Å². The summed E-state index contributed by atoms with van der Waals surface area (Å²) in [6, 6.07) is 2.47.